The van der Waals surface area contributed by atoms with Crippen molar-refractivity contribution in [3.05, 3.63) is 52.1 Å². The first kappa shape index (κ1) is 25.5. The van der Waals surface area contributed by atoms with Gasteiger partial charge in [-0.3, -0.25) is 9.78 Å². The number of anilines is 1. The summed E-state index contributed by atoms with van der Waals surface area (Å²) in [4.78, 5) is 37.3. The number of nitrogens with zero attached hydrogens (tertiary/aromatic N) is 5. The molecule has 0 spiro atoms. The lowest BCUT2D eigenvalue weighted by Crippen LogP contribution is -2.24. The highest BCUT2D eigenvalue weighted by Gasteiger charge is 2.27. The number of benzene rings is 1. The largest absolute Gasteiger partial charge is 0.469 e. The van der Waals surface area contributed by atoms with Gasteiger partial charge >= 0.3 is 12.1 Å². The molecule has 4 rings (SSSR count). The minimum Gasteiger partial charge on any atom is -0.469 e. The lowest BCUT2D eigenvalue weighted by molar-refractivity contribution is -0.142. The van der Waals surface area contributed by atoms with Crippen LogP contribution in [0.2, 0.25) is 0 Å². The second-order valence-electron chi connectivity index (χ2n) is 9.05. The van der Waals surface area contributed by atoms with Crippen LogP contribution in [0.15, 0.2) is 47.8 Å². The number of amides is 1. The first-order valence-electron chi connectivity index (χ1n) is 11.1. The molecule has 0 fully saturated rings. The van der Waals surface area contributed by atoms with E-state index in [4.69, 9.17) is 15.2 Å². The SMILES string of the molecule is COC(=O)C(/C=N\C(=O)OC(C)(C)C)Cc1c(I)c(-c2cnc3ccccc3c2)c2c(N)ncnn12. The fourth-order valence-corrected chi connectivity index (χ4v) is 4.81. The smallest absolute Gasteiger partial charge is 0.433 e. The number of aromatic nitrogens is 4. The summed E-state index contributed by atoms with van der Waals surface area (Å²) in [6.07, 6.45) is 3.73. The third-order valence-corrected chi connectivity index (χ3v) is 6.50. The van der Waals surface area contributed by atoms with E-state index in [0.717, 1.165) is 25.6 Å². The number of hydrogen-bond acceptors (Lipinski definition) is 8. The Morgan fingerprint density at radius 1 is 1.25 bits per heavy atom. The van der Waals surface area contributed by atoms with Gasteiger partial charge in [-0.2, -0.15) is 10.1 Å². The van der Waals surface area contributed by atoms with Crippen molar-refractivity contribution in [1.82, 2.24) is 19.6 Å². The molecule has 3 aromatic heterocycles. The summed E-state index contributed by atoms with van der Waals surface area (Å²) in [7, 11) is 1.28. The van der Waals surface area contributed by atoms with Crippen molar-refractivity contribution < 1.29 is 19.1 Å². The molecular weight excluding hydrogens is 575 g/mol. The number of methoxy groups -OCH3 is 1. The zero-order valence-corrected chi connectivity index (χ0v) is 22.4. The topological polar surface area (TPSA) is 134 Å². The van der Waals surface area contributed by atoms with Gasteiger partial charge in [-0.05, 0) is 55.5 Å². The highest BCUT2D eigenvalue weighted by Crippen LogP contribution is 2.37. The van der Waals surface area contributed by atoms with Gasteiger partial charge in [0.1, 0.15) is 17.4 Å². The van der Waals surface area contributed by atoms with Crippen LogP contribution in [0.25, 0.3) is 27.5 Å². The number of para-hydroxylation sites is 1. The number of nitrogens with two attached hydrogens (primary N) is 1. The van der Waals surface area contributed by atoms with Gasteiger partial charge < -0.3 is 15.2 Å². The van der Waals surface area contributed by atoms with Crippen LogP contribution in [0.1, 0.15) is 26.5 Å². The molecule has 1 aromatic carbocycles. The number of rotatable bonds is 5. The van der Waals surface area contributed by atoms with E-state index in [1.54, 1.807) is 31.5 Å². The lowest BCUT2D eigenvalue weighted by Gasteiger charge is -2.17. The molecular formula is C25H25IN6O4. The second kappa shape index (κ2) is 10.2. The summed E-state index contributed by atoms with van der Waals surface area (Å²) in [6.45, 7) is 5.21. The summed E-state index contributed by atoms with van der Waals surface area (Å²) in [6, 6.07) is 9.83. The van der Waals surface area contributed by atoms with Gasteiger partial charge in [0.2, 0.25) is 0 Å². The normalized spacial score (nSPS) is 12.8. The number of fused-ring (bicyclic) bond motifs is 2. The maximum Gasteiger partial charge on any atom is 0.433 e. The van der Waals surface area contributed by atoms with Crippen LogP contribution in [0.4, 0.5) is 10.6 Å². The van der Waals surface area contributed by atoms with E-state index in [2.05, 4.69) is 42.6 Å². The maximum atomic E-state index is 12.6. The monoisotopic (exact) mass is 600 g/mol. The Kier molecular flexibility index (Phi) is 7.20. The molecule has 4 aromatic rings. The van der Waals surface area contributed by atoms with E-state index >= 15 is 0 Å². The number of halogens is 1. The molecule has 36 heavy (non-hydrogen) atoms. The van der Waals surface area contributed by atoms with Crippen LogP contribution in [-0.4, -0.2) is 50.6 Å². The molecule has 1 unspecified atom stereocenters. The zero-order valence-electron chi connectivity index (χ0n) is 20.2. The predicted molar refractivity (Wildman–Crippen MR) is 145 cm³/mol. The van der Waals surface area contributed by atoms with Gasteiger partial charge in [-0.1, -0.05) is 18.2 Å². The minimum atomic E-state index is -0.868. The zero-order chi connectivity index (χ0) is 26.0. The molecule has 11 heteroatoms. The van der Waals surface area contributed by atoms with E-state index in [1.165, 1.54) is 19.7 Å². The summed E-state index contributed by atoms with van der Waals surface area (Å²) in [5, 5.41) is 5.38. The van der Waals surface area contributed by atoms with Crippen LogP contribution in [0, 0.1) is 9.49 Å². The van der Waals surface area contributed by atoms with Gasteiger partial charge in [0, 0.05) is 38.9 Å². The highest BCUT2D eigenvalue weighted by atomic mass is 127. The first-order valence-corrected chi connectivity index (χ1v) is 12.2. The maximum absolute atomic E-state index is 12.6. The molecule has 1 atom stereocenters. The number of aliphatic imine (C=N–C) groups is 1. The number of ether oxygens (including phenoxy) is 2. The second-order valence-corrected chi connectivity index (χ2v) is 10.1. The van der Waals surface area contributed by atoms with Gasteiger partial charge in [-0.15, -0.1) is 0 Å². The average Bonchev–Trinajstić information content (AvgIpc) is 3.12. The summed E-state index contributed by atoms with van der Waals surface area (Å²) in [5.41, 5.74) is 9.37. The summed E-state index contributed by atoms with van der Waals surface area (Å²) in [5.74, 6) is -1.13. The Morgan fingerprint density at radius 3 is 2.72 bits per heavy atom. The molecule has 0 bridgehead atoms. The van der Waals surface area contributed by atoms with Crippen molar-refractivity contribution in [3.63, 3.8) is 0 Å². The van der Waals surface area contributed by atoms with Crippen molar-refractivity contribution in [3.8, 4) is 11.1 Å². The average molecular weight is 600 g/mol. The number of esters is 1. The summed E-state index contributed by atoms with van der Waals surface area (Å²) < 4.78 is 12.7. The van der Waals surface area contributed by atoms with Crippen LogP contribution < -0.4 is 5.73 Å². The third-order valence-electron chi connectivity index (χ3n) is 5.33. The van der Waals surface area contributed by atoms with Crippen LogP contribution in [0.5, 0.6) is 0 Å². The fourth-order valence-electron chi connectivity index (χ4n) is 3.79. The number of hydrogen-bond donors (Lipinski definition) is 1. The molecule has 0 aliphatic carbocycles. The Balaban J connectivity index is 1.80. The molecule has 1 amide bonds. The Morgan fingerprint density at radius 2 is 2.00 bits per heavy atom. The Hall–Kier alpha value is -3.61. The minimum absolute atomic E-state index is 0.149. The number of carbonyl (C=O) groups is 2. The highest BCUT2D eigenvalue weighted by molar-refractivity contribution is 14.1. The number of nitrogen functional groups attached to an aromatic ring is 1. The van der Waals surface area contributed by atoms with Gasteiger partial charge in [-0.25, -0.2) is 14.3 Å². The van der Waals surface area contributed by atoms with Crippen molar-refractivity contribution in [1.29, 1.82) is 0 Å². The van der Waals surface area contributed by atoms with E-state index < -0.39 is 23.6 Å². The van der Waals surface area contributed by atoms with E-state index in [0.29, 0.717) is 11.2 Å². The van der Waals surface area contributed by atoms with Crippen molar-refractivity contribution in [2.75, 3.05) is 12.8 Å². The molecule has 0 saturated carbocycles. The van der Waals surface area contributed by atoms with Gasteiger partial charge in [0.15, 0.2) is 5.82 Å². The van der Waals surface area contributed by atoms with Gasteiger partial charge in [0.25, 0.3) is 0 Å². The van der Waals surface area contributed by atoms with Crippen molar-refractivity contribution in [2.24, 2.45) is 10.9 Å². The van der Waals surface area contributed by atoms with Crippen LogP contribution in [0.3, 0.4) is 0 Å². The van der Waals surface area contributed by atoms with Crippen LogP contribution in [-0.2, 0) is 20.7 Å². The number of carbonyl (C=O) groups excluding carboxylic acids is 2. The lowest BCUT2D eigenvalue weighted by atomic mass is 10.0. The quantitative estimate of drug-likeness (QED) is 0.202. The van der Waals surface area contributed by atoms with E-state index in [9.17, 15) is 9.59 Å². The van der Waals surface area contributed by atoms with Crippen LogP contribution >= 0.6 is 22.6 Å². The molecule has 2 N–H and O–H groups in total. The summed E-state index contributed by atoms with van der Waals surface area (Å²) >= 11 is 2.21. The van der Waals surface area contributed by atoms with E-state index in [1.807, 2.05) is 30.3 Å². The predicted octanol–water partition coefficient (Wildman–Crippen LogP) is 4.47. The Labute approximate surface area is 221 Å². The third kappa shape index (κ3) is 5.30. The van der Waals surface area contributed by atoms with Crippen molar-refractivity contribution in [2.45, 2.75) is 32.8 Å². The van der Waals surface area contributed by atoms with E-state index in [-0.39, 0.29) is 12.2 Å². The molecule has 0 aliphatic rings. The molecule has 0 aliphatic heterocycles. The standard InChI is InChI=1S/C25H25IN6O4/c1-25(2,3)36-24(34)29-12-16(23(33)35-4)10-18-20(26)19(21-22(27)30-13-31-32(18)21)15-9-14-7-5-6-8-17(14)28-11-15/h5-9,11-13,16H,10H2,1-4H3,(H2,27,30,31)/b29-12-. The molecule has 0 radical (unpaired) electrons. The van der Waals surface area contributed by atoms with Gasteiger partial charge in [0.05, 0.1) is 24.2 Å². The number of pyridine rings is 1. The molecule has 186 valence electrons. The first-order chi connectivity index (χ1) is 17.1. The Bertz CT molecular complexity index is 1490. The molecule has 0 saturated heterocycles. The van der Waals surface area contributed by atoms with Crippen molar-refractivity contribution >= 4 is 63.1 Å². The molecule has 3 heterocycles. The molecule has 10 nitrogen and oxygen atoms in total. The fraction of sp³-hybridized carbons (Fsp3) is 0.280.